The number of aliphatic hydroxyl groups is 1. The van der Waals surface area contributed by atoms with E-state index in [1.54, 1.807) is 18.4 Å². The molecule has 2 N–H and O–H groups in total. The lowest BCUT2D eigenvalue weighted by Crippen LogP contribution is -2.30. The number of hydrogen-bond acceptors (Lipinski definition) is 8. The minimum atomic E-state index is -0.847. The molecule has 0 saturated carbocycles. The Hall–Kier alpha value is -2.94. The molecule has 0 unspecified atom stereocenters. The molecule has 2 aliphatic heterocycles. The lowest BCUT2D eigenvalue weighted by Gasteiger charge is -2.21. The third-order valence-electron chi connectivity index (χ3n) is 5.69. The highest BCUT2D eigenvalue weighted by molar-refractivity contribution is 5.67. The van der Waals surface area contributed by atoms with Gasteiger partial charge in [0, 0.05) is 31.8 Å². The molecule has 1 fully saturated rings. The molecule has 0 radical (unpaired) electrons. The Kier molecular flexibility index (Phi) is 4.92. The summed E-state index contributed by atoms with van der Waals surface area (Å²) < 4.78 is 7.45. The molecule has 5 heterocycles. The summed E-state index contributed by atoms with van der Waals surface area (Å²) in [6.07, 6.45) is 4.16. The maximum absolute atomic E-state index is 10.2. The molecule has 9 heteroatoms. The minimum absolute atomic E-state index is 0.399. The Labute approximate surface area is 181 Å². The molecule has 9 nitrogen and oxygen atoms in total. The second-order valence-electron chi connectivity index (χ2n) is 9.02. The highest BCUT2D eigenvalue weighted by Crippen LogP contribution is 2.29. The molecule has 0 bridgehead atoms. The number of nitrogens with zero attached hydrogens (tertiary/aromatic N) is 6. The van der Waals surface area contributed by atoms with E-state index in [9.17, 15) is 5.11 Å². The third kappa shape index (κ3) is 4.01. The highest BCUT2D eigenvalue weighted by atomic mass is 16.5. The molecule has 0 spiro atoms. The van der Waals surface area contributed by atoms with E-state index in [-0.39, 0.29) is 0 Å². The van der Waals surface area contributed by atoms with Crippen LogP contribution in [0.5, 0.6) is 5.88 Å². The van der Waals surface area contributed by atoms with Crippen LogP contribution in [0, 0.1) is 6.92 Å². The van der Waals surface area contributed by atoms with E-state index in [4.69, 9.17) is 19.8 Å². The van der Waals surface area contributed by atoms with Gasteiger partial charge in [-0.25, -0.2) is 15.0 Å². The summed E-state index contributed by atoms with van der Waals surface area (Å²) >= 11 is 0. The summed E-state index contributed by atoms with van der Waals surface area (Å²) in [4.78, 5) is 16.6. The lowest BCUT2D eigenvalue weighted by atomic mass is 10.1. The van der Waals surface area contributed by atoms with Crippen molar-refractivity contribution in [1.82, 2.24) is 24.6 Å². The first-order chi connectivity index (χ1) is 14.9. The Morgan fingerprint density at radius 2 is 1.94 bits per heavy atom. The minimum Gasteiger partial charge on any atom is -0.476 e. The van der Waals surface area contributed by atoms with Crippen molar-refractivity contribution in [3.8, 4) is 17.3 Å². The Morgan fingerprint density at radius 3 is 2.71 bits per heavy atom. The van der Waals surface area contributed by atoms with Crippen LogP contribution in [-0.4, -0.2) is 61.5 Å². The van der Waals surface area contributed by atoms with Crippen LogP contribution in [0.1, 0.15) is 44.5 Å². The summed E-state index contributed by atoms with van der Waals surface area (Å²) in [6.45, 7) is 8.59. The molecule has 2 aliphatic rings. The summed E-state index contributed by atoms with van der Waals surface area (Å²) in [5.74, 6) is 2.36. The predicted octanol–water partition coefficient (Wildman–Crippen LogP) is 2.60. The second-order valence-corrected chi connectivity index (χ2v) is 9.02. The van der Waals surface area contributed by atoms with Gasteiger partial charge in [0.15, 0.2) is 5.65 Å². The van der Waals surface area contributed by atoms with Crippen molar-refractivity contribution in [2.75, 3.05) is 36.5 Å². The fourth-order valence-electron chi connectivity index (χ4n) is 4.08. The fraction of sp³-hybridized carbons (Fsp3) is 0.545. The van der Waals surface area contributed by atoms with E-state index in [0.717, 1.165) is 66.0 Å². The monoisotopic (exact) mass is 423 g/mol. The number of nitrogens with one attached hydrogen (secondary N) is 1. The number of aryl methyl sites for hydroxylation is 2. The van der Waals surface area contributed by atoms with Gasteiger partial charge < -0.3 is 20.1 Å². The van der Waals surface area contributed by atoms with Gasteiger partial charge in [0.05, 0.1) is 17.9 Å². The van der Waals surface area contributed by atoms with Gasteiger partial charge in [0.25, 0.3) is 0 Å². The zero-order chi connectivity index (χ0) is 21.6. The first kappa shape index (κ1) is 20.0. The van der Waals surface area contributed by atoms with E-state index in [1.165, 1.54) is 12.8 Å². The number of fused-ring (bicyclic) bond motifs is 2. The SMILES string of the molecule is Cc1nc2c(nc1-c1cc3nc(N4CCCC4)cc(NCC(C)(C)O)n3n1)CCCO2. The Bertz CT molecular complexity index is 1110. The van der Waals surface area contributed by atoms with Crippen LogP contribution in [0.2, 0.25) is 0 Å². The van der Waals surface area contributed by atoms with E-state index in [0.29, 0.717) is 19.0 Å². The van der Waals surface area contributed by atoms with Crippen LogP contribution in [0.15, 0.2) is 12.1 Å². The predicted molar refractivity (Wildman–Crippen MR) is 119 cm³/mol. The lowest BCUT2D eigenvalue weighted by molar-refractivity contribution is 0.0944. The first-order valence-corrected chi connectivity index (χ1v) is 11.0. The Morgan fingerprint density at radius 1 is 1.13 bits per heavy atom. The number of anilines is 2. The molecule has 5 rings (SSSR count). The zero-order valence-electron chi connectivity index (χ0n) is 18.4. The molecular formula is C22H29N7O2. The van der Waals surface area contributed by atoms with Gasteiger partial charge in [-0.3, -0.25) is 0 Å². The van der Waals surface area contributed by atoms with Crippen LogP contribution < -0.4 is 15.0 Å². The molecule has 1 saturated heterocycles. The molecule has 3 aromatic heterocycles. The number of ether oxygens (including phenoxy) is 1. The average Bonchev–Trinajstić information content (AvgIpc) is 3.40. The smallest absolute Gasteiger partial charge is 0.235 e. The van der Waals surface area contributed by atoms with Crippen LogP contribution in [0.25, 0.3) is 17.0 Å². The standard InChI is InChI=1S/C22H29N7O2/c1-14-20(25-15-7-6-10-31-21(15)24-14)16-11-19-26-18(28-8-4-5-9-28)12-17(29(19)27-16)23-13-22(2,3)30/h11-12,23,30H,4-10,13H2,1-3H3. The molecule has 164 valence electrons. The molecule has 0 atom stereocenters. The number of aromatic nitrogens is 5. The quantitative estimate of drug-likeness (QED) is 0.646. The normalized spacial score (nSPS) is 16.5. The van der Waals surface area contributed by atoms with Crippen molar-refractivity contribution < 1.29 is 9.84 Å². The highest BCUT2D eigenvalue weighted by Gasteiger charge is 2.22. The summed E-state index contributed by atoms with van der Waals surface area (Å²) in [5, 5.41) is 18.4. The summed E-state index contributed by atoms with van der Waals surface area (Å²) in [5.41, 5.74) is 3.05. The molecule has 0 aliphatic carbocycles. The maximum atomic E-state index is 10.2. The van der Waals surface area contributed by atoms with Crippen molar-refractivity contribution in [3.63, 3.8) is 0 Å². The zero-order valence-corrected chi connectivity index (χ0v) is 18.4. The topological polar surface area (TPSA) is 101 Å². The van der Waals surface area contributed by atoms with Crippen LogP contribution in [-0.2, 0) is 6.42 Å². The third-order valence-corrected chi connectivity index (χ3v) is 5.69. The van der Waals surface area contributed by atoms with Crippen molar-refractivity contribution in [3.05, 3.63) is 23.5 Å². The van der Waals surface area contributed by atoms with Gasteiger partial charge in [-0.15, -0.1) is 0 Å². The van der Waals surface area contributed by atoms with Gasteiger partial charge in [-0.1, -0.05) is 0 Å². The van der Waals surface area contributed by atoms with Crippen LogP contribution in [0.3, 0.4) is 0 Å². The Balaban J connectivity index is 1.59. The van der Waals surface area contributed by atoms with Gasteiger partial charge in [-0.05, 0) is 46.5 Å². The largest absolute Gasteiger partial charge is 0.476 e. The van der Waals surface area contributed by atoms with Crippen molar-refractivity contribution in [1.29, 1.82) is 0 Å². The molecule has 0 amide bonds. The summed E-state index contributed by atoms with van der Waals surface area (Å²) in [7, 11) is 0. The fourth-order valence-corrected chi connectivity index (χ4v) is 4.08. The van der Waals surface area contributed by atoms with Crippen LogP contribution >= 0.6 is 0 Å². The van der Waals surface area contributed by atoms with E-state index in [2.05, 4.69) is 15.2 Å². The molecule has 3 aromatic rings. The van der Waals surface area contributed by atoms with E-state index < -0.39 is 5.60 Å². The first-order valence-electron chi connectivity index (χ1n) is 11.0. The van der Waals surface area contributed by atoms with Crippen molar-refractivity contribution >= 4 is 17.3 Å². The average molecular weight is 424 g/mol. The van der Waals surface area contributed by atoms with Gasteiger partial charge in [-0.2, -0.15) is 9.61 Å². The second kappa shape index (κ2) is 7.64. The van der Waals surface area contributed by atoms with Crippen molar-refractivity contribution in [2.45, 2.75) is 52.1 Å². The maximum Gasteiger partial charge on any atom is 0.235 e. The van der Waals surface area contributed by atoms with E-state index in [1.807, 2.05) is 19.1 Å². The molecule has 31 heavy (non-hydrogen) atoms. The molecule has 0 aromatic carbocycles. The van der Waals surface area contributed by atoms with Gasteiger partial charge in [0.2, 0.25) is 5.88 Å². The van der Waals surface area contributed by atoms with Crippen molar-refractivity contribution in [2.24, 2.45) is 0 Å². The van der Waals surface area contributed by atoms with Crippen LogP contribution in [0.4, 0.5) is 11.6 Å². The van der Waals surface area contributed by atoms with Gasteiger partial charge in [0.1, 0.15) is 28.7 Å². The summed E-state index contributed by atoms with van der Waals surface area (Å²) in [6, 6.07) is 3.97. The van der Waals surface area contributed by atoms with Gasteiger partial charge >= 0.3 is 0 Å². The molecular weight excluding hydrogens is 394 g/mol. The number of hydrogen-bond donors (Lipinski definition) is 2. The number of rotatable bonds is 5. The van der Waals surface area contributed by atoms with E-state index >= 15 is 0 Å².